The van der Waals surface area contributed by atoms with Crippen LogP contribution < -0.4 is 4.90 Å². The fraction of sp³-hybridized carbons (Fsp3) is 0.667. The number of nitrogens with zero attached hydrogens (tertiary/aromatic N) is 2. The fourth-order valence-electron chi connectivity index (χ4n) is 1.41. The smallest absolute Gasteiger partial charge is 0.221 e. The van der Waals surface area contributed by atoms with Gasteiger partial charge in [-0.2, -0.15) is 0 Å². The zero-order valence-corrected chi connectivity index (χ0v) is 5.70. The van der Waals surface area contributed by atoms with Crippen LogP contribution in [0.1, 0.15) is 30.7 Å². The van der Waals surface area contributed by atoms with Crippen LogP contribution in [0.2, 0.25) is 0 Å². The molecule has 0 radical (unpaired) electrons. The quantitative estimate of drug-likeness (QED) is 0.489. The molecule has 0 spiro atoms. The first kappa shape index (κ1) is 5.70. The van der Waals surface area contributed by atoms with Crippen LogP contribution in [0.4, 0.5) is 0 Å². The third-order valence-corrected chi connectivity index (χ3v) is 2.00. The van der Waals surface area contributed by atoms with Crippen LogP contribution in [0, 0.1) is 5.21 Å². The largest absolute Gasteiger partial charge is 0.359 e. The molecule has 0 N–H and O–H groups in total. The minimum Gasteiger partial charge on any atom is -0.359 e. The van der Waals surface area contributed by atoms with Gasteiger partial charge in [-0.1, -0.05) is 6.92 Å². The van der Waals surface area contributed by atoms with E-state index in [0.29, 0.717) is 10.8 Å². The van der Waals surface area contributed by atoms with Gasteiger partial charge in [0.15, 0.2) is 0 Å². The van der Waals surface area contributed by atoms with Gasteiger partial charge >= 0.3 is 0 Å². The molecule has 10 heavy (non-hydrogen) atoms. The molecule has 0 saturated heterocycles. The summed E-state index contributed by atoms with van der Waals surface area (Å²) in [6.45, 7) is 2.01. The predicted octanol–water partition coefficient (Wildman–Crippen LogP) is 0.358. The van der Waals surface area contributed by atoms with Crippen molar-refractivity contribution in [3.8, 4) is 0 Å². The summed E-state index contributed by atoms with van der Waals surface area (Å²) in [6, 6.07) is 0. The van der Waals surface area contributed by atoms with Crippen molar-refractivity contribution in [1.82, 2.24) is 5.16 Å². The van der Waals surface area contributed by atoms with E-state index in [1.54, 1.807) is 0 Å². The molecule has 4 heteroatoms. The maximum Gasteiger partial charge on any atom is 0.221 e. The van der Waals surface area contributed by atoms with Crippen LogP contribution in [0.25, 0.3) is 0 Å². The predicted molar refractivity (Wildman–Crippen MR) is 32.2 cm³/mol. The number of rotatable bonds is 0. The minimum absolute atomic E-state index is 0.318. The van der Waals surface area contributed by atoms with Gasteiger partial charge in [-0.25, -0.2) is 0 Å². The Morgan fingerprint density at radius 1 is 1.80 bits per heavy atom. The average molecular weight is 140 g/mol. The molecule has 2 rings (SSSR count). The number of fused-ring (bicyclic) bond motifs is 1. The standard InChI is InChI=1S/C6H8N2O2/c1-4-2-3-5-6(4)8(9)10-7-5/h4H,2-3H2,1H3. The molecule has 1 aromatic heterocycles. The summed E-state index contributed by atoms with van der Waals surface area (Å²) < 4.78 is 4.42. The van der Waals surface area contributed by atoms with Gasteiger partial charge < -0.3 is 5.21 Å². The van der Waals surface area contributed by atoms with Crippen LogP contribution in [-0.2, 0) is 6.42 Å². The highest BCUT2D eigenvalue weighted by Crippen LogP contribution is 2.27. The van der Waals surface area contributed by atoms with E-state index in [2.05, 4.69) is 9.79 Å². The van der Waals surface area contributed by atoms with Gasteiger partial charge in [-0.15, -0.1) is 0 Å². The molecule has 1 aromatic rings. The SMILES string of the molecule is CC1CCc2no[n+]([O-])c21. The maximum atomic E-state index is 10.8. The number of aryl methyl sites for hydroxylation is 1. The highest BCUT2D eigenvalue weighted by atomic mass is 16.8. The second-order valence-corrected chi connectivity index (χ2v) is 2.70. The highest BCUT2D eigenvalue weighted by molar-refractivity contribution is 5.15. The van der Waals surface area contributed by atoms with E-state index in [4.69, 9.17) is 0 Å². The average Bonchev–Trinajstić information content (AvgIpc) is 2.40. The first-order valence-corrected chi connectivity index (χ1v) is 3.37. The van der Waals surface area contributed by atoms with Crippen LogP contribution >= 0.6 is 0 Å². The lowest BCUT2D eigenvalue weighted by Crippen LogP contribution is -2.28. The Kier molecular flexibility index (Phi) is 0.977. The summed E-state index contributed by atoms with van der Waals surface area (Å²) in [5.41, 5.74) is 1.56. The van der Waals surface area contributed by atoms with Crippen LogP contribution in [0.5, 0.6) is 0 Å². The monoisotopic (exact) mass is 140 g/mol. The fourth-order valence-corrected chi connectivity index (χ4v) is 1.41. The molecular weight excluding hydrogens is 132 g/mol. The van der Waals surface area contributed by atoms with Crippen molar-refractivity contribution >= 4 is 0 Å². The van der Waals surface area contributed by atoms with Crippen LogP contribution in [-0.4, -0.2) is 5.16 Å². The lowest BCUT2D eigenvalue weighted by atomic mass is 10.1. The van der Waals surface area contributed by atoms with Crippen molar-refractivity contribution in [3.05, 3.63) is 16.6 Å². The van der Waals surface area contributed by atoms with Gasteiger partial charge in [0.1, 0.15) is 0 Å². The Labute approximate surface area is 58.0 Å². The minimum atomic E-state index is 0.318. The summed E-state index contributed by atoms with van der Waals surface area (Å²) >= 11 is 0. The van der Waals surface area contributed by atoms with Gasteiger partial charge in [0, 0.05) is 17.5 Å². The Morgan fingerprint density at radius 2 is 2.60 bits per heavy atom. The molecule has 0 amide bonds. The summed E-state index contributed by atoms with van der Waals surface area (Å²) in [5.74, 6) is 0.318. The van der Waals surface area contributed by atoms with Gasteiger partial charge in [0.25, 0.3) is 0 Å². The van der Waals surface area contributed by atoms with Gasteiger partial charge in [-0.05, 0) is 11.3 Å². The summed E-state index contributed by atoms with van der Waals surface area (Å²) in [6.07, 6.45) is 1.91. The summed E-state index contributed by atoms with van der Waals surface area (Å²) in [7, 11) is 0. The first-order valence-electron chi connectivity index (χ1n) is 3.37. The molecule has 0 saturated carbocycles. The van der Waals surface area contributed by atoms with Crippen molar-refractivity contribution in [2.75, 3.05) is 0 Å². The van der Waals surface area contributed by atoms with E-state index in [9.17, 15) is 5.21 Å². The zero-order chi connectivity index (χ0) is 7.14. The lowest BCUT2D eigenvalue weighted by Gasteiger charge is -1.96. The molecule has 4 nitrogen and oxygen atoms in total. The van der Waals surface area contributed by atoms with E-state index in [-0.39, 0.29) is 0 Å². The van der Waals surface area contributed by atoms with E-state index >= 15 is 0 Å². The molecule has 1 aliphatic rings. The molecule has 0 bridgehead atoms. The third kappa shape index (κ3) is 0.558. The van der Waals surface area contributed by atoms with E-state index in [1.807, 2.05) is 6.92 Å². The zero-order valence-electron chi connectivity index (χ0n) is 5.70. The molecule has 1 unspecified atom stereocenters. The second kappa shape index (κ2) is 1.71. The van der Waals surface area contributed by atoms with Crippen LogP contribution in [0.15, 0.2) is 4.63 Å². The second-order valence-electron chi connectivity index (χ2n) is 2.70. The molecule has 54 valence electrons. The number of hydrogen-bond donors (Lipinski definition) is 0. The van der Waals surface area contributed by atoms with Crippen molar-refractivity contribution in [3.63, 3.8) is 0 Å². The summed E-state index contributed by atoms with van der Waals surface area (Å²) in [4.78, 5) is 0.521. The van der Waals surface area contributed by atoms with Crippen molar-refractivity contribution in [1.29, 1.82) is 0 Å². The van der Waals surface area contributed by atoms with Gasteiger partial charge in [0.2, 0.25) is 11.4 Å². The van der Waals surface area contributed by atoms with E-state index in [0.717, 1.165) is 24.2 Å². The number of hydrogen-bond acceptors (Lipinski definition) is 3. The molecule has 1 aliphatic carbocycles. The van der Waals surface area contributed by atoms with E-state index in [1.165, 1.54) is 0 Å². The van der Waals surface area contributed by atoms with Gasteiger partial charge in [-0.3, -0.25) is 4.63 Å². The Hall–Kier alpha value is -1.06. The highest BCUT2D eigenvalue weighted by Gasteiger charge is 2.30. The summed E-state index contributed by atoms with van der Waals surface area (Å²) in [5, 5.41) is 14.4. The normalized spacial score (nSPS) is 23.1. The Morgan fingerprint density at radius 3 is 3.30 bits per heavy atom. The molecular formula is C6H8N2O2. The topological polar surface area (TPSA) is 53.0 Å². The maximum absolute atomic E-state index is 10.8. The Bertz CT molecular complexity index is 256. The molecule has 0 aromatic carbocycles. The lowest BCUT2D eigenvalue weighted by molar-refractivity contribution is -0.808. The molecule has 0 aliphatic heterocycles. The van der Waals surface area contributed by atoms with Crippen LogP contribution in [0.3, 0.4) is 0 Å². The van der Waals surface area contributed by atoms with Crippen molar-refractivity contribution in [2.24, 2.45) is 0 Å². The molecule has 0 fully saturated rings. The first-order chi connectivity index (χ1) is 4.79. The molecule has 1 heterocycles. The third-order valence-electron chi connectivity index (χ3n) is 2.00. The number of aromatic nitrogens is 2. The Balaban J connectivity index is 2.54. The van der Waals surface area contributed by atoms with Gasteiger partial charge in [0.05, 0.1) is 0 Å². The van der Waals surface area contributed by atoms with Crippen molar-refractivity contribution in [2.45, 2.75) is 25.7 Å². The van der Waals surface area contributed by atoms with E-state index < -0.39 is 0 Å². The molecule has 1 atom stereocenters. The van der Waals surface area contributed by atoms with Crippen molar-refractivity contribution < 1.29 is 9.53 Å².